The molecule has 0 aliphatic rings. The number of aryl methyl sites for hydroxylation is 3. The largest absolute Gasteiger partial charge is 0.271 e. The van der Waals surface area contributed by atoms with Gasteiger partial charge in [0.25, 0.3) is 0 Å². The molecule has 1 unspecified atom stereocenters. The monoisotopic (exact) mass is 260 g/mol. The van der Waals surface area contributed by atoms with Gasteiger partial charge in [-0.15, -0.1) is 11.3 Å². The molecule has 0 radical (unpaired) electrons. The van der Waals surface area contributed by atoms with Crippen LogP contribution in [0.3, 0.4) is 0 Å². The SMILES string of the molecule is Cc1cc(C)c(C(Cc2cccs2)NN)c(C)c1. The summed E-state index contributed by atoms with van der Waals surface area (Å²) in [6.07, 6.45) is 0.943. The number of benzene rings is 1. The van der Waals surface area contributed by atoms with E-state index in [4.69, 9.17) is 5.84 Å². The highest BCUT2D eigenvalue weighted by Crippen LogP contribution is 2.27. The molecule has 0 bridgehead atoms. The molecular weight excluding hydrogens is 240 g/mol. The van der Waals surface area contributed by atoms with Crippen LogP contribution in [-0.4, -0.2) is 0 Å². The summed E-state index contributed by atoms with van der Waals surface area (Å²) in [5.74, 6) is 5.75. The predicted octanol–water partition coefficient (Wildman–Crippen LogP) is 3.42. The number of thiophene rings is 1. The van der Waals surface area contributed by atoms with E-state index >= 15 is 0 Å². The Hall–Kier alpha value is -1.16. The Balaban J connectivity index is 2.33. The fraction of sp³-hybridized carbons (Fsp3) is 0.333. The molecule has 0 saturated carbocycles. The molecule has 0 amide bonds. The van der Waals surface area contributed by atoms with E-state index in [1.807, 2.05) is 0 Å². The molecule has 96 valence electrons. The van der Waals surface area contributed by atoms with Crippen molar-refractivity contribution in [3.63, 3.8) is 0 Å². The first kappa shape index (κ1) is 13.3. The summed E-state index contributed by atoms with van der Waals surface area (Å²) in [6.45, 7) is 6.45. The molecule has 2 rings (SSSR count). The molecule has 0 aliphatic heterocycles. The summed E-state index contributed by atoms with van der Waals surface area (Å²) in [7, 11) is 0. The first-order valence-corrected chi connectivity index (χ1v) is 7.06. The van der Waals surface area contributed by atoms with Crippen molar-refractivity contribution in [3.8, 4) is 0 Å². The van der Waals surface area contributed by atoms with Gasteiger partial charge in [0.2, 0.25) is 0 Å². The molecule has 2 nitrogen and oxygen atoms in total. The number of hydrogen-bond donors (Lipinski definition) is 2. The molecular formula is C15H20N2S. The van der Waals surface area contributed by atoms with E-state index in [1.54, 1.807) is 11.3 Å². The standard InChI is InChI=1S/C15H20N2S/c1-10-7-11(2)15(12(3)8-10)14(17-16)9-13-5-4-6-18-13/h4-8,14,17H,9,16H2,1-3H3. The van der Waals surface area contributed by atoms with Crippen LogP contribution in [0.4, 0.5) is 0 Å². The van der Waals surface area contributed by atoms with E-state index in [0.29, 0.717) is 0 Å². The van der Waals surface area contributed by atoms with Gasteiger partial charge in [-0.2, -0.15) is 0 Å². The van der Waals surface area contributed by atoms with Gasteiger partial charge in [0, 0.05) is 11.3 Å². The van der Waals surface area contributed by atoms with Gasteiger partial charge >= 0.3 is 0 Å². The Bertz CT molecular complexity index is 494. The maximum atomic E-state index is 5.75. The van der Waals surface area contributed by atoms with Crippen molar-refractivity contribution in [2.75, 3.05) is 0 Å². The molecule has 3 N–H and O–H groups in total. The fourth-order valence-corrected chi connectivity index (χ4v) is 3.37. The van der Waals surface area contributed by atoms with Crippen molar-refractivity contribution in [1.29, 1.82) is 0 Å². The number of hydrazine groups is 1. The molecule has 2 aromatic rings. The summed E-state index contributed by atoms with van der Waals surface area (Å²) < 4.78 is 0. The van der Waals surface area contributed by atoms with Crippen LogP contribution >= 0.6 is 11.3 Å². The van der Waals surface area contributed by atoms with Gasteiger partial charge in [0.15, 0.2) is 0 Å². The zero-order valence-corrected chi connectivity index (χ0v) is 12.0. The Morgan fingerprint density at radius 2 is 1.89 bits per heavy atom. The highest BCUT2D eigenvalue weighted by molar-refractivity contribution is 7.09. The first-order chi connectivity index (χ1) is 8.61. The number of rotatable bonds is 4. The second kappa shape index (κ2) is 5.65. The lowest BCUT2D eigenvalue weighted by Crippen LogP contribution is -2.30. The minimum Gasteiger partial charge on any atom is -0.271 e. The molecule has 1 heterocycles. The molecule has 0 spiro atoms. The van der Waals surface area contributed by atoms with E-state index in [2.05, 4.69) is 55.8 Å². The number of nitrogens with two attached hydrogens (primary N) is 1. The molecule has 1 atom stereocenters. The average molecular weight is 260 g/mol. The van der Waals surface area contributed by atoms with Crippen LogP contribution in [0.5, 0.6) is 0 Å². The Kier molecular flexibility index (Phi) is 4.17. The predicted molar refractivity (Wildman–Crippen MR) is 78.7 cm³/mol. The third kappa shape index (κ3) is 2.80. The van der Waals surface area contributed by atoms with Crippen molar-refractivity contribution in [1.82, 2.24) is 5.43 Å². The van der Waals surface area contributed by atoms with Crippen LogP contribution in [0.2, 0.25) is 0 Å². The van der Waals surface area contributed by atoms with Gasteiger partial charge in [-0.25, -0.2) is 0 Å². The Morgan fingerprint density at radius 3 is 2.39 bits per heavy atom. The Labute approximate surface area is 113 Å². The number of hydrogen-bond acceptors (Lipinski definition) is 3. The third-order valence-corrected chi connectivity index (χ3v) is 4.17. The van der Waals surface area contributed by atoms with E-state index in [-0.39, 0.29) is 6.04 Å². The van der Waals surface area contributed by atoms with Crippen molar-refractivity contribution in [2.45, 2.75) is 33.2 Å². The maximum Gasteiger partial charge on any atom is 0.0513 e. The van der Waals surface area contributed by atoms with Crippen molar-refractivity contribution < 1.29 is 0 Å². The van der Waals surface area contributed by atoms with Gasteiger partial charge in [0.05, 0.1) is 6.04 Å². The molecule has 3 heteroatoms. The zero-order valence-electron chi connectivity index (χ0n) is 11.2. The fourth-order valence-electron chi connectivity index (χ4n) is 2.62. The van der Waals surface area contributed by atoms with Crippen LogP contribution < -0.4 is 11.3 Å². The van der Waals surface area contributed by atoms with E-state index in [1.165, 1.54) is 27.1 Å². The normalized spacial score (nSPS) is 12.7. The lowest BCUT2D eigenvalue weighted by Gasteiger charge is -2.21. The summed E-state index contributed by atoms with van der Waals surface area (Å²) in [5.41, 5.74) is 8.22. The van der Waals surface area contributed by atoms with E-state index in [9.17, 15) is 0 Å². The van der Waals surface area contributed by atoms with Gasteiger partial charge in [-0.05, 0) is 48.9 Å². The van der Waals surface area contributed by atoms with Gasteiger partial charge < -0.3 is 0 Å². The number of nitrogens with one attached hydrogen (secondary N) is 1. The van der Waals surface area contributed by atoms with Crippen LogP contribution in [0, 0.1) is 20.8 Å². The third-order valence-electron chi connectivity index (χ3n) is 3.27. The minimum absolute atomic E-state index is 0.184. The first-order valence-electron chi connectivity index (χ1n) is 6.18. The smallest absolute Gasteiger partial charge is 0.0513 e. The second-order valence-electron chi connectivity index (χ2n) is 4.82. The van der Waals surface area contributed by atoms with E-state index < -0.39 is 0 Å². The summed E-state index contributed by atoms with van der Waals surface area (Å²) in [5, 5.41) is 2.11. The molecule has 0 aliphatic carbocycles. The van der Waals surface area contributed by atoms with E-state index in [0.717, 1.165) is 6.42 Å². The zero-order chi connectivity index (χ0) is 13.1. The summed E-state index contributed by atoms with van der Waals surface area (Å²) >= 11 is 1.78. The lowest BCUT2D eigenvalue weighted by molar-refractivity contribution is 0.550. The Morgan fingerprint density at radius 1 is 1.22 bits per heavy atom. The highest BCUT2D eigenvalue weighted by Gasteiger charge is 2.16. The molecule has 1 aromatic carbocycles. The minimum atomic E-state index is 0.184. The van der Waals surface area contributed by atoms with Gasteiger partial charge in [-0.3, -0.25) is 11.3 Å². The van der Waals surface area contributed by atoms with Gasteiger partial charge in [-0.1, -0.05) is 23.8 Å². The van der Waals surface area contributed by atoms with Crippen molar-refractivity contribution in [3.05, 3.63) is 56.8 Å². The second-order valence-corrected chi connectivity index (χ2v) is 5.85. The van der Waals surface area contributed by atoms with Crippen molar-refractivity contribution >= 4 is 11.3 Å². The van der Waals surface area contributed by atoms with Crippen LogP contribution in [0.25, 0.3) is 0 Å². The molecule has 18 heavy (non-hydrogen) atoms. The van der Waals surface area contributed by atoms with Crippen LogP contribution in [0.1, 0.15) is 33.2 Å². The quantitative estimate of drug-likeness (QED) is 0.653. The summed E-state index contributed by atoms with van der Waals surface area (Å²) in [4.78, 5) is 1.36. The summed E-state index contributed by atoms with van der Waals surface area (Å²) in [6, 6.07) is 8.88. The average Bonchev–Trinajstić information content (AvgIpc) is 2.79. The molecule has 1 aromatic heterocycles. The molecule has 0 saturated heterocycles. The van der Waals surface area contributed by atoms with Crippen molar-refractivity contribution in [2.24, 2.45) is 5.84 Å². The topological polar surface area (TPSA) is 38.0 Å². The molecule has 0 fully saturated rings. The highest BCUT2D eigenvalue weighted by atomic mass is 32.1. The van der Waals surface area contributed by atoms with Crippen LogP contribution in [-0.2, 0) is 6.42 Å². The maximum absolute atomic E-state index is 5.75. The van der Waals surface area contributed by atoms with Crippen LogP contribution in [0.15, 0.2) is 29.6 Å². The van der Waals surface area contributed by atoms with Gasteiger partial charge in [0.1, 0.15) is 0 Å². The lowest BCUT2D eigenvalue weighted by atomic mass is 9.92.